The number of nitrogens with zero attached hydrogens (tertiary/aromatic N) is 4. The van der Waals surface area contributed by atoms with Crippen molar-refractivity contribution in [3.8, 4) is 0 Å². The van der Waals surface area contributed by atoms with Crippen LogP contribution in [-0.4, -0.2) is 51.7 Å². The predicted octanol–water partition coefficient (Wildman–Crippen LogP) is 4.82. The molecule has 0 bridgehead atoms. The number of fused-ring (bicyclic) bond motifs is 1. The van der Waals surface area contributed by atoms with Crippen LogP contribution < -0.4 is 16.5 Å². The first kappa shape index (κ1) is 27.3. The van der Waals surface area contributed by atoms with Gasteiger partial charge >= 0.3 is 11.9 Å². The lowest BCUT2D eigenvalue weighted by Gasteiger charge is -2.39. The van der Waals surface area contributed by atoms with E-state index >= 15 is 0 Å². The Bertz CT molecular complexity index is 1220. The molecule has 4 heterocycles. The van der Waals surface area contributed by atoms with E-state index in [0.717, 1.165) is 64.2 Å². The Labute approximate surface area is 228 Å². The fourth-order valence-corrected chi connectivity index (χ4v) is 7.60. The molecule has 2 N–H and O–H groups in total. The lowest BCUT2D eigenvalue weighted by Crippen LogP contribution is -2.46. The molecule has 0 aromatic carbocycles. The molecule has 3 unspecified atom stereocenters. The van der Waals surface area contributed by atoms with E-state index in [9.17, 15) is 18.0 Å². The molecule has 2 saturated heterocycles. The van der Waals surface area contributed by atoms with E-state index in [2.05, 4.69) is 34.6 Å². The molecule has 2 aromatic rings. The fraction of sp³-hybridized carbons (Fsp3) is 0.759. The zero-order chi connectivity index (χ0) is 27.3. The average molecular weight is 549 g/mol. The van der Waals surface area contributed by atoms with E-state index in [-0.39, 0.29) is 23.4 Å². The van der Waals surface area contributed by atoms with Crippen molar-refractivity contribution in [1.29, 1.82) is 0 Å². The molecule has 39 heavy (non-hydrogen) atoms. The van der Waals surface area contributed by atoms with Crippen LogP contribution in [0.25, 0.3) is 5.52 Å². The fourth-order valence-electron chi connectivity index (χ4n) is 7.60. The molecule has 2 aliphatic carbocycles. The summed E-state index contributed by atoms with van der Waals surface area (Å²) in [7, 11) is 2.13. The molecule has 0 amide bonds. The monoisotopic (exact) mass is 548 g/mol. The number of hydrogen-bond donors (Lipinski definition) is 2. The van der Waals surface area contributed by atoms with Gasteiger partial charge in [-0.15, -0.1) is 0 Å². The SMILES string of the molecule is C[C@H]1CCCN(Cc2cc(C(F)(F)F)c3cn(C4CCCC([C@H](CC5CC5)C5NNCN5C)C4)c(=O)n3c2)C1. The highest BCUT2D eigenvalue weighted by Crippen LogP contribution is 2.45. The standard InChI is InChI=1S/C29H43F3N6O/c1-19-5-4-10-36(14-19)15-21-12-25(29(30,31)32)26-17-37(28(39)38(26)16-21)23-7-3-6-22(13-23)24(11-20-8-9-20)27-34-33-18-35(27)2/h12,16-17,19-20,22-24,27,33-34H,3-11,13-15,18H2,1-2H3/t19-,22?,23?,24-,27?/m0/s1. The summed E-state index contributed by atoms with van der Waals surface area (Å²) in [4.78, 5) is 18.2. The minimum atomic E-state index is -4.52. The van der Waals surface area contributed by atoms with Gasteiger partial charge < -0.3 is 0 Å². The summed E-state index contributed by atoms with van der Waals surface area (Å²) < 4.78 is 45.7. The van der Waals surface area contributed by atoms with Gasteiger partial charge in [-0.25, -0.2) is 15.6 Å². The van der Waals surface area contributed by atoms with Crippen LogP contribution in [-0.2, 0) is 12.7 Å². The van der Waals surface area contributed by atoms with Gasteiger partial charge in [-0.3, -0.25) is 18.8 Å². The van der Waals surface area contributed by atoms with E-state index in [1.165, 1.54) is 35.9 Å². The highest BCUT2D eigenvalue weighted by atomic mass is 19.4. The number of rotatable bonds is 7. The zero-order valence-electron chi connectivity index (χ0n) is 23.2. The summed E-state index contributed by atoms with van der Waals surface area (Å²) >= 11 is 0. The highest BCUT2D eigenvalue weighted by Gasteiger charge is 2.41. The molecule has 216 valence electrons. The average Bonchev–Trinajstić information content (AvgIpc) is 3.53. The number of likely N-dealkylation sites (tertiary alicyclic amines) is 1. The van der Waals surface area contributed by atoms with Gasteiger partial charge in [0.1, 0.15) is 0 Å². The van der Waals surface area contributed by atoms with E-state index in [0.29, 0.717) is 29.9 Å². The number of imidazole rings is 1. The minimum Gasteiger partial charge on any atom is -0.299 e. The van der Waals surface area contributed by atoms with Gasteiger partial charge in [0.15, 0.2) is 0 Å². The number of piperidine rings is 1. The maximum absolute atomic E-state index is 14.3. The highest BCUT2D eigenvalue weighted by molar-refractivity contribution is 5.56. The number of nitrogens with one attached hydrogen (secondary N) is 2. The van der Waals surface area contributed by atoms with E-state index in [1.807, 2.05) is 0 Å². The Kier molecular flexibility index (Phi) is 7.58. The summed E-state index contributed by atoms with van der Waals surface area (Å²) in [6, 6.07) is 1.19. The summed E-state index contributed by atoms with van der Waals surface area (Å²) in [6.45, 7) is 5.18. The first-order valence-electron chi connectivity index (χ1n) is 14.9. The molecular formula is C29H43F3N6O. The normalized spacial score (nSPS) is 30.3. The van der Waals surface area contributed by atoms with Crippen molar-refractivity contribution < 1.29 is 13.2 Å². The molecule has 6 rings (SSSR count). The Balaban J connectivity index is 1.30. The van der Waals surface area contributed by atoms with Crippen LogP contribution >= 0.6 is 0 Å². The summed E-state index contributed by atoms with van der Waals surface area (Å²) in [5.41, 5.74) is 6.21. The molecule has 0 spiro atoms. The van der Waals surface area contributed by atoms with E-state index < -0.39 is 11.7 Å². The first-order chi connectivity index (χ1) is 18.7. The Morgan fingerprint density at radius 1 is 1.10 bits per heavy atom. The molecule has 2 aromatic heterocycles. The van der Waals surface area contributed by atoms with Crippen molar-refractivity contribution in [3.63, 3.8) is 0 Å². The van der Waals surface area contributed by atoms with Gasteiger partial charge in [0.05, 0.1) is 23.9 Å². The Hall–Kier alpha value is -1.88. The third kappa shape index (κ3) is 5.80. The van der Waals surface area contributed by atoms with Crippen molar-refractivity contribution in [2.24, 2.45) is 23.7 Å². The molecule has 7 nitrogen and oxygen atoms in total. The second-order valence-electron chi connectivity index (χ2n) is 12.9. The Morgan fingerprint density at radius 2 is 1.92 bits per heavy atom. The van der Waals surface area contributed by atoms with E-state index in [1.54, 1.807) is 10.8 Å². The summed E-state index contributed by atoms with van der Waals surface area (Å²) in [6.07, 6.45) is 8.58. The van der Waals surface area contributed by atoms with Gasteiger partial charge in [0.25, 0.3) is 0 Å². The molecule has 10 heteroatoms. The second kappa shape index (κ2) is 10.8. The largest absolute Gasteiger partial charge is 0.418 e. The van der Waals surface area contributed by atoms with Crippen molar-refractivity contribution >= 4 is 5.52 Å². The van der Waals surface area contributed by atoms with Crippen LogP contribution in [0.3, 0.4) is 0 Å². The van der Waals surface area contributed by atoms with Crippen LogP contribution in [0, 0.1) is 23.7 Å². The van der Waals surface area contributed by atoms with Crippen molar-refractivity contribution in [1.82, 2.24) is 29.6 Å². The lowest BCUT2D eigenvalue weighted by atomic mass is 9.74. The van der Waals surface area contributed by atoms with Gasteiger partial charge in [0, 0.05) is 31.5 Å². The van der Waals surface area contributed by atoms with Crippen molar-refractivity contribution in [2.45, 2.75) is 89.6 Å². The third-order valence-corrected chi connectivity index (χ3v) is 9.75. The van der Waals surface area contributed by atoms with Crippen LogP contribution in [0.2, 0.25) is 0 Å². The van der Waals surface area contributed by atoms with Gasteiger partial charge in [-0.1, -0.05) is 26.2 Å². The number of pyridine rings is 1. The van der Waals surface area contributed by atoms with Gasteiger partial charge in [-0.05, 0) is 87.4 Å². The first-order valence-corrected chi connectivity index (χ1v) is 14.9. The lowest BCUT2D eigenvalue weighted by molar-refractivity contribution is -0.136. The maximum atomic E-state index is 14.3. The molecule has 4 fully saturated rings. The quantitative estimate of drug-likeness (QED) is 0.520. The molecular weight excluding hydrogens is 505 g/mol. The number of halogens is 3. The van der Waals surface area contributed by atoms with Crippen LogP contribution in [0.5, 0.6) is 0 Å². The number of hydrazine groups is 1. The molecule has 5 atom stereocenters. The maximum Gasteiger partial charge on any atom is 0.418 e. The topological polar surface area (TPSA) is 57.0 Å². The molecule has 2 saturated carbocycles. The van der Waals surface area contributed by atoms with E-state index in [4.69, 9.17) is 0 Å². The molecule has 4 aliphatic rings. The summed E-state index contributed by atoms with van der Waals surface area (Å²) in [5, 5.41) is 0. The third-order valence-electron chi connectivity index (χ3n) is 9.75. The summed E-state index contributed by atoms with van der Waals surface area (Å²) in [5.74, 6) is 2.20. The number of aromatic nitrogens is 2. The predicted molar refractivity (Wildman–Crippen MR) is 145 cm³/mol. The van der Waals surface area contributed by atoms with Crippen LogP contribution in [0.4, 0.5) is 13.2 Å². The Morgan fingerprint density at radius 3 is 2.62 bits per heavy atom. The van der Waals surface area contributed by atoms with Crippen molar-refractivity contribution in [3.05, 3.63) is 40.1 Å². The molecule has 2 aliphatic heterocycles. The smallest absolute Gasteiger partial charge is 0.299 e. The van der Waals surface area contributed by atoms with Crippen LogP contribution in [0.15, 0.2) is 23.3 Å². The second-order valence-corrected chi connectivity index (χ2v) is 12.9. The van der Waals surface area contributed by atoms with Crippen LogP contribution in [0.1, 0.15) is 81.9 Å². The number of hydrogen-bond acceptors (Lipinski definition) is 5. The van der Waals surface area contributed by atoms with Gasteiger partial charge in [-0.2, -0.15) is 13.2 Å². The minimum absolute atomic E-state index is 0.0266. The number of alkyl halides is 3. The zero-order valence-corrected chi connectivity index (χ0v) is 23.2. The van der Waals surface area contributed by atoms with Gasteiger partial charge in [0.2, 0.25) is 0 Å². The molecule has 0 radical (unpaired) electrons. The van der Waals surface area contributed by atoms with Crippen molar-refractivity contribution in [2.75, 3.05) is 26.8 Å².